The van der Waals surface area contributed by atoms with Gasteiger partial charge in [0.2, 0.25) is 5.91 Å². The third-order valence-electron chi connectivity index (χ3n) is 6.04. The van der Waals surface area contributed by atoms with Crippen molar-refractivity contribution in [3.8, 4) is 5.75 Å². The number of amides is 2. The van der Waals surface area contributed by atoms with Crippen LogP contribution in [-0.2, 0) is 24.4 Å². The van der Waals surface area contributed by atoms with Gasteiger partial charge in [0.25, 0.3) is 5.91 Å². The summed E-state index contributed by atoms with van der Waals surface area (Å²) in [6, 6.07) is 8.13. The topological polar surface area (TPSA) is 70.9 Å². The molecule has 8 nitrogen and oxygen atoms in total. The predicted molar refractivity (Wildman–Crippen MR) is 117 cm³/mol. The largest absolute Gasteiger partial charge is 0.491 e. The van der Waals surface area contributed by atoms with E-state index in [0.29, 0.717) is 31.9 Å². The second kappa shape index (κ2) is 9.09. The van der Waals surface area contributed by atoms with E-state index in [1.165, 1.54) is 5.56 Å². The van der Waals surface area contributed by atoms with Gasteiger partial charge in [-0.2, -0.15) is 5.10 Å². The van der Waals surface area contributed by atoms with E-state index in [2.05, 4.69) is 22.1 Å². The van der Waals surface area contributed by atoms with Gasteiger partial charge < -0.3 is 14.5 Å². The van der Waals surface area contributed by atoms with Gasteiger partial charge in [0, 0.05) is 58.3 Å². The summed E-state index contributed by atoms with van der Waals surface area (Å²) in [5.41, 5.74) is 3.71. The van der Waals surface area contributed by atoms with E-state index in [0.717, 1.165) is 49.7 Å². The van der Waals surface area contributed by atoms with Crippen LogP contribution < -0.4 is 4.74 Å². The highest BCUT2D eigenvalue weighted by molar-refractivity contribution is 5.92. The number of fused-ring (bicyclic) bond motifs is 1. The van der Waals surface area contributed by atoms with Gasteiger partial charge >= 0.3 is 0 Å². The number of benzene rings is 1. The first-order chi connectivity index (χ1) is 14.9. The van der Waals surface area contributed by atoms with Crippen LogP contribution in [0.3, 0.4) is 0 Å². The van der Waals surface area contributed by atoms with Crippen molar-refractivity contribution in [3.63, 3.8) is 0 Å². The normalized spacial score (nSPS) is 17.1. The molecule has 0 aliphatic carbocycles. The van der Waals surface area contributed by atoms with Crippen LogP contribution in [-0.4, -0.2) is 75.6 Å². The number of carbonyl (C=O) groups excluding carboxylic acids is 2. The average Bonchev–Trinajstić information content (AvgIpc) is 3.01. The third kappa shape index (κ3) is 4.74. The highest BCUT2D eigenvalue weighted by Gasteiger charge is 2.25. The summed E-state index contributed by atoms with van der Waals surface area (Å²) in [6.07, 6.45) is 0. The number of aromatic nitrogens is 2. The van der Waals surface area contributed by atoms with Crippen molar-refractivity contribution in [3.05, 3.63) is 46.8 Å². The fourth-order valence-electron chi connectivity index (χ4n) is 4.32. The Bertz CT molecular complexity index is 962. The monoisotopic (exact) mass is 425 g/mol. The van der Waals surface area contributed by atoms with Gasteiger partial charge in [0.15, 0.2) is 0 Å². The minimum atomic E-state index is -0.00958. The van der Waals surface area contributed by atoms with Crippen LogP contribution in [0.4, 0.5) is 0 Å². The number of hydrogen-bond acceptors (Lipinski definition) is 5. The number of nitrogens with zero attached hydrogens (tertiary/aromatic N) is 5. The van der Waals surface area contributed by atoms with Crippen LogP contribution in [0.5, 0.6) is 5.75 Å². The first-order valence-corrected chi connectivity index (χ1v) is 11.0. The number of aryl methyl sites for hydroxylation is 2. The Labute approximate surface area is 183 Å². The summed E-state index contributed by atoms with van der Waals surface area (Å²) in [5, 5.41) is 4.42. The summed E-state index contributed by atoms with van der Waals surface area (Å²) in [4.78, 5) is 30.9. The molecule has 8 heteroatoms. The molecular formula is C23H31N5O3. The van der Waals surface area contributed by atoms with Crippen LogP contribution in [0.1, 0.15) is 41.2 Å². The molecule has 4 rings (SSSR count). The second-order valence-corrected chi connectivity index (χ2v) is 8.29. The van der Waals surface area contributed by atoms with Gasteiger partial charge in [-0.3, -0.25) is 19.2 Å². The number of carbonyl (C=O) groups is 2. The predicted octanol–water partition coefficient (Wildman–Crippen LogP) is 1.91. The van der Waals surface area contributed by atoms with Crippen molar-refractivity contribution in [1.29, 1.82) is 0 Å². The van der Waals surface area contributed by atoms with Crippen LogP contribution in [0, 0.1) is 6.92 Å². The molecular weight excluding hydrogens is 394 g/mol. The van der Waals surface area contributed by atoms with E-state index in [1.807, 2.05) is 35.8 Å². The van der Waals surface area contributed by atoms with E-state index >= 15 is 0 Å². The maximum Gasteiger partial charge on any atom is 0.272 e. The Morgan fingerprint density at radius 2 is 1.84 bits per heavy atom. The van der Waals surface area contributed by atoms with Crippen molar-refractivity contribution < 1.29 is 14.3 Å². The zero-order valence-electron chi connectivity index (χ0n) is 18.6. The fourth-order valence-corrected chi connectivity index (χ4v) is 4.32. The molecule has 2 amide bonds. The lowest BCUT2D eigenvalue weighted by atomic mass is 10.1. The molecule has 31 heavy (non-hydrogen) atoms. The smallest absolute Gasteiger partial charge is 0.272 e. The molecule has 0 saturated carbocycles. The summed E-state index contributed by atoms with van der Waals surface area (Å²) in [7, 11) is 0. The Morgan fingerprint density at radius 1 is 1.06 bits per heavy atom. The molecule has 2 aliphatic rings. The lowest BCUT2D eigenvalue weighted by molar-refractivity contribution is -0.130. The van der Waals surface area contributed by atoms with Gasteiger partial charge in [0.1, 0.15) is 18.1 Å². The molecule has 2 aromatic rings. The molecule has 1 aromatic carbocycles. The van der Waals surface area contributed by atoms with Gasteiger partial charge in [-0.05, 0) is 37.6 Å². The molecule has 0 unspecified atom stereocenters. The second-order valence-electron chi connectivity index (χ2n) is 8.29. The van der Waals surface area contributed by atoms with E-state index in [1.54, 1.807) is 11.6 Å². The van der Waals surface area contributed by atoms with Crippen molar-refractivity contribution in [2.75, 3.05) is 39.3 Å². The molecule has 1 fully saturated rings. The molecule has 1 aromatic heterocycles. The molecule has 0 bridgehead atoms. The Balaban J connectivity index is 1.47. The van der Waals surface area contributed by atoms with Crippen LogP contribution >= 0.6 is 0 Å². The first-order valence-electron chi connectivity index (χ1n) is 11.0. The van der Waals surface area contributed by atoms with Gasteiger partial charge in [-0.15, -0.1) is 0 Å². The van der Waals surface area contributed by atoms with Crippen LogP contribution in [0.25, 0.3) is 0 Å². The highest BCUT2D eigenvalue weighted by Crippen LogP contribution is 2.26. The maximum atomic E-state index is 13.2. The standard InChI is InChI=1S/C23H31N5O3/c1-4-28-21(13-17(2)24-28)23(30)27-11-12-31-22-6-5-19(14-20(22)16-27)15-25-7-9-26(10-8-25)18(3)29/h5-6,13-14H,4,7-12,15-16H2,1-3H3. The Hall–Kier alpha value is -2.87. The zero-order valence-corrected chi connectivity index (χ0v) is 18.6. The maximum absolute atomic E-state index is 13.2. The lowest BCUT2D eigenvalue weighted by Crippen LogP contribution is -2.47. The first kappa shape index (κ1) is 21.4. The van der Waals surface area contributed by atoms with E-state index in [-0.39, 0.29) is 11.8 Å². The minimum absolute atomic E-state index is 0.00958. The Kier molecular flexibility index (Phi) is 6.27. The average molecular weight is 426 g/mol. The molecule has 0 spiro atoms. The van der Waals surface area contributed by atoms with Crippen molar-refractivity contribution >= 4 is 11.8 Å². The molecule has 3 heterocycles. The van der Waals surface area contributed by atoms with Crippen molar-refractivity contribution in [1.82, 2.24) is 24.5 Å². The quantitative estimate of drug-likeness (QED) is 0.748. The van der Waals surface area contributed by atoms with Crippen molar-refractivity contribution in [2.45, 2.75) is 40.4 Å². The lowest BCUT2D eigenvalue weighted by Gasteiger charge is -2.34. The van der Waals surface area contributed by atoms with Crippen molar-refractivity contribution in [2.24, 2.45) is 0 Å². The van der Waals surface area contributed by atoms with E-state index < -0.39 is 0 Å². The summed E-state index contributed by atoms with van der Waals surface area (Å²) in [5.74, 6) is 0.983. The third-order valence-corrected chi connectivity index (χ3v) is 6.04. The zero-order chi connectivity index (χ0) is 22.0. The molecule has 2 aliphatic heterocycles. The fraction of sp³-hybridized carbons (Fsp3) is 0.522. The van der Waals surface area contributed by atoms with E-state index in [9.17, 15) is 9.59 Å². The molecule has 0 atom stereocenters. The molecule has 0 radical (unpaired) electrons. The Morgan fingerprint density at radius 3 is 2.55 bits per heavy atom. The number of hydrogen-bond donors (Lipinski definition) is 0. The molecule has 166 valence electrons. The molecule has 0 N–H and O–H groups in total. The number of rotatable bonds is 4. The highest BCUT2D eigenvalue weighted by atomic mass is 16.5. The SMILES string of the molecule is CCn1nc(C)cc1C(=O)N1CCOc2ccc(CN3CCN(C(C)=O)CC3)cc2C1. The van der Waals surface area contributed by atoms with Gasteiger partial charge in [0.05, 0.1) is 12.2 Å². The molecule has 1 saturated heterocycles. The van der Waals surface area contributed by atoms with Gasteiger partial charge in [-0.25, -0.2) is 0 Å². The summed E-state index contributed by atoms with van der Waals surface area (Å²) >= 11 is 0. The van der Waals surface area contributed by atoms with Gasteiger partial charge in [-0.1, -0.05) is 6.07 Å². The van der Waals surface area contributed by atoms with Crippen LogP contribution in [0.2, 0.25) is 0 Å². The summed E-state index contributed by atoms with van der Waals surface area (Å²) in [6.45, 7) is 11.9. The number of ether oxygens (including phenoxy) is 1. The van der Waals surface area contributed by atoms with Crippen LogP contribution in [0.15, 0.2) is 24.3 Å². The number of piperazine rings is 1. The minimum Gasteiger partial charge on any atom is -0.491 e. The summed E-state index contributed by atoms with van der Waals surface area (Å²) < 4.78 is 7.70. The van der Waals surface area contributed by atoms with E-state index in [4.69, 9.17) is 4.74 Å².